The first-order chi connectivity index (χ1) is 8.53. The average molecular weight is 249 g/mol. The van der Waals surface area contributed by atoms with E-state index in [9.17, 15) is 4.79 Å². The number of amides is 1. The highest BCUT2D eigenvalue weighted by Crippen LogP contribution is 2.44. The zero-order chi connectivity index (χ0) is 13.2. The third-order valence-corrected chi connectivity index (χ3v) is 3.91. The van der Waals surface area contributed by atoms with Crippen LogP contribution in [0.5, 0.6) is 0 Å². The minimum atomic E-state index is -0.161. The zero-order valence-electron chi connectivity index (χ0n) is 11.5. The fourth-order valence-corrected chi connectivity index (χ4v) is 3.08. The molecule has 18 heavy (non-hydrogen) atoms. The molecule has 1 heterocycles. The van der Waals surface area contributed by atoms with Gasteiger partial charge in [0.05, 0.1) is 6.20 Å². The number of aromatic nitrogens is 2. The van der Waals surface area contributed by atoms with Crippen LogP contribution in [-0.4, -0.2) is 16.1 Å². The molecule has 1 aliphatic carbocycles. The average Bonchev–Trinajstić information content (AvgIpc) is 2.89. The summed E-state index contributed by atoms with van der Waals surface area (Å²) in [7, 11) is 0. The topological polar surface area (TPSA) is 57.8 Å². The fourth-order valence-electron chi connectivity index (χ4n) is 3.08. The standard InChI is InChI=1S/C14H23N3O/c1-10(2)8-14(6-4-5-7-14)13(18)16-12-11(3)9-15-17-12/h9-10H,4-8H2,1-3H3,(H2,15,16,17,18). The lowest BCUT2D eigenvalue weighted by Crippen LogP contribution is -2.35. The number of rotatable bonds is 4. The molecule has 0 atom stereocenters. The maximum Gasteiger partial charge on any atom is 0.231 e. The van der Waals surface area contributed by atoms with E-state index in [4.69, 9.17) is 0 Å². The Morgan fingerprint density at radius 3 is 2.67 bits per heavy atom. The van der Waals surface area contributed by atoms with Crippen molar-refractivity contribution >= 4 is 11.7 Å². The smallest absolute Gasteiger partial charge is 0.231 e. The molecule has 1 saturated carbocycles. The predicted octanol–water partition coefficient (Wildman–Crippen LogP) is 3.26. The number of carbonyl (C=O) groups is 1. The van der Waals surface area contributed by atoms with Gasteiger partial charge in [0.25, 0.3) is 0 Å². The molecule has 0 radical (unpaired) electrons. The van der Waals surface area contributed by atoms with Gasteiger partial charge in [0.2, 0.25) is 5.91 Å². The van der Waals surface area contributed by atoms with E-state index in [1.165, 1.54) is 12.8 Å². The maximum atomic E-state index is 12.6. The van der Waals surface area contributed by atoms with Crippen LogP contribution in [-0.2, 0) is 4.79 Å². The molecule has 2 rings (SSSR count). The van der Waals surface area contributed by atoms with Crippen molar-refractivity contribution in [3.63, 3.8) is 0 Å². The highest BCUT2D eigenvalue weighted by Gasteiger charge is 2.41. The van der Waals surface area contributed by atoms with E-state index in [2.05, 4.69) is 29.4 Å². The summed E-state index contributed by atoms with van der Waals surface area (Å²) in [4.78, 5) is 12.6. The molecule has 1 aromatic heterocycles. The van der Waals surface area contributed by atoms with E-state index in [1.807, 2.05) is 6.92 Å². The molecule has 1 amide bonds. The molecule has 1 aromatic rings. The van der Waals surface area contributed by atoms with Crippen LogP contribution >= 0.6 is 0 Å². The van der Waals surface area contributed by atoms with Crippen LogP contribution in [0.3, 0.4) is 0 Å². The number of H-pyrrole nitrogens is 1. The van der Waals surface area contributed by atoms with Gasteiger partial charge in [-0.05, 0) is 32.1 Å². The van der Waals surface area contributed by atoms with Gasteiger partial charge in [0, 0.05) is 11.0 Å². The lowest BCUT2D eigenvalue weighted by atomic mass is 9.77. The molecule has 2 N–H and O–H groups in total. The molecule has 0 unspecified atom stereocenters. The van der Waals surface area contributed by atoms with Crippen LogP contribution in [0.15, 0.2) is 6.20 Å². The van der Waals surface area contributed by atoms with Crippen molar-refractivity contribution in [2.24, 2.45) is 11.3 Å². The van der Waals surface area contributed by atoms with Crippen LogP contribution in [0.1, 0.15) is 51.5 Å². The summed E-state index contributed by atoms with van der Waals surface area (Å²) in [6, 6.07) is 0. The second-order valence-corrected chi connectivity index (χ2v) is 5.97. The molecular weight excluding hydrogens is 226 g/mol. The van der Waals surface area contributed by atoms with E-state index in [-0.39, 0.29) is 11.3 Å². The third kappa shape index (κ3) is 2.57. The number of hydrogen-bond acceptors (Lipinski definition) is 2. The fraction of sp³-hybridized carbons (Fsp3) is 0.714. The Kier molecular flexibility index (Phi) is 3.73. The minimum Gasteiger partial charge on any atom is -0.310 e. The largest absolute Gasteiger partial charge is 0.310 e. The summed E-state index contributed by atoms with van der Waals surface area (Å²) in [5, 5.41) is 9.82. The number of aromatic amines is 1. The molecule has 0 bridgehead atoms. The van der Waals surface area contributed by atoms with Crippen molar-refractivity contribution in [3.05, 3.63) is 11.8 Å². The molecule has 1 aliphatic rings. The van der Waals surface area contributed by atoms with E-state index in [1.54, 1.807) is 6.20 Å². The highest BCUT2D eigenvalue weighted by molar-refractivity contribution is 5.95. The van der Waals surface area contributed by atoms with Crippen molar-refractivity contribution in [1.29, 1.82) is 0 Å². The summed E-state index contributed by atoms with van der Waals surface area (Å²) in [6.07, 6.45) is 7.09. The van der Waals surface area contributed by atoms with E-state index < -0.39 is 0 Å². The Balaban J connectivity index is 2.11. The number of nitrogens with one attached hydrogen (secondary N) is 2. The monoisotopic (exact) mass is 249 g/mol. The maximum absolute atomic E-state index is 12.6. The molecular formula is C14H23N3O. The first-order valence-corrected chi connectivity index (χ1v) is 6.85. The van der Waals surface area contributed by atoms with Crippen molar-refractivity contribution in [3.8, 4) is 0 Å². The third-order valence-electron chi connectivity index (χ3n) is 3.91. The van der Waals surface area contributed by atoms with Crippen molar-refractivity contribution in [2.45, 2.75) is 52.9 Å². The van der Waals surface area contributed by atoms with Gasteiger partial charge in [0.15, 0.2) is 0 Å². The normalized spacial score (nSPS) is 18.2. The molecule has 0 aliphatic heterocycles. The van der Waals surface area contributed by atoms with Gasteiger partial charge in [0.1, 0.15) is 5.82 Å². The van der Waals surface area contributed by atoms with Gasteiger partial charge < -0.3 is 5.32 Å². The van der Waals surface area contributed by atoms with Gasteiger partial charge in [-0.3, -0.25) is 9.89 Å². The van der Waals surface area contributed by atoms with Crippen molar-refractivity contribution < 1.29 is 4.79 Å². The summed E-state index contributed by atoms with van der Waals surface area (Å²) in [5.41, 5.74) is 0.826. The summed E-state index contributed by atoms with van der Waals surface area (Å²) in [5.74, 6) is 1.47. The summed E-state index contributed by atoms with van der Waals surface area (Å²) < 4.78 is 0. The van der Waals surface area contributed by atoms with Gasteiger partial charge >= 0.3 is 0 Å². The summed E-state index contributed by atoms with van der Waals surface area (Å²) in [6.45, 7) is 6.33. The minimum absolute atomic E-state index is 0.161. The molecule has 0 aromatic carbocycles. The van der Waals surface area contributed by atoms with Gasteiger partial charge in [-0.2, -0.15) is 5.10 Å². The Labute approximate surface area is 109 Å². The Bertz CT molecular complexity index is 416. The van der Waals surface area contributed by atoms with Crippen LogP contribution in [0, 0.1) is 18.3 Å². The molecule has 1 fully saturated rings. The summed E-state index contributed by atoms with van der Waals surface area (Å²) >= 11 is 0. The van der Waals surface area contributed by atoms with Crippen molar-refractivity contribution in [2.75, 3.05) is 5.32 Å². The number of aryl methyl sites for hydroxylation is 1. The molecule has 0 saturated heterocycles. The molecule has 100 valence electrons. The first-order valence-electron chi connectivity index (χ1n) is 6.85. The molecule has 0 spiro atoms. The zero-order valence-corrected chi connectivity index (χ0v) is 11.5. The van der Waals surface area contributed by atoms with E-state index in [0.29, 0.717) is 5.92 Å². The Morgan fingerprint density at radius 1 is 1.50 bits per heavy atom. The number of carbonyl (C=O) groups excluding carboxylic acids is 1. The van der Waals surface area contributed by atoms with Crippen molar-refractivity contribution in [1.82, 2.24) is 10.2 Å². The highest BCUT2D eigenvalue weighted by atomic mass is 16.2. The van der Waals surface area contributed by atoms with E-state index in [0.717, 1.165) is 30.6 Å². The quantitative estimate of drug-likeness (QED) is 0.860. The molecule has 4 heteroatoms. The second kappa shape index (κ2) is 5.12. The first kappa shape index (κ1) is 13.1. The van der Waals surface area contributed by atoms with Crippen LogP contribution in [0.2, 0.25) is 0 Å². The lowest BCUT2D eigenvalue weighted by molar-refractivity contribution is -0.126. The Morgan fingerprint density at radius 2 is 2.17 bits per heavy atom. The van der Waals surface area contributed by atoms with Crippen LogP contribution in [0.4, 0.5) is 5.82 Å². The number of hydrogen-bond donors (Lipinski definition) is 2. The Hall–Kier alpha value is -1.32. The van der Waals surface area contributed by atoms with Gasteiger partial charge in [-0.15, -0.1) is 0 Å². The number of anilines is 1. The SMILES string of the molecule is Cc1cn[nH]c1NC(=O)C1(CC(C)C)CCCC1. The van der Waals surface area contributed by atoms with Gasteiger partial charge in [-0.1, -0.05) is 26.7 Å². The van der Waals surface area contributed by atoms with Gasteiger partial charge in [-0.25, -0.2) is 0 Å². The lowest BCUT2D eigenvalue weighted by Gasteiger charge is -2.29. The second-order valence-electron chi connectivity index (χ2n) is 5.97. The number of nitrogens with zero attached hydrogens (tertiary/aromatic N) is 1. The predicted molar refractivity (Wildman–Crippen MR) is 72.3 cm³/mol. The molecule has 4 nitrogen and oxygen atoms in total. The van der Waals surface area contributed by atoms with E-state index >= 15 is 0 Å². The van der Waals surface area contributed by atoms with Crippen LogP contribution < -0.4 is 5.32 Å². The van der Waals surface area contributed by atoms with Crippen LogP contribution in [0.25, 0.3) is 0 Å².